The zero-order valence-corrected chi connectivity index (χ0v) is 9.99. The van der Waals surface area contributed by atoms with Crippen LogP contribution in [0.25, 0.3) is 11.1 Å². The van der Waals surface area contributed by atoms with E-state index in [4.69, 9.17) is 16.7 Å². The predicted octanol–water partition coefficient (Wildman–Crippen LogP) is 3.17. The van der Waals surface area contributed by atoms with E-state index in [1.165, 1.54) is 12.3 Å². The molecule has 0 spiro atoms. The van der Waals surface area contributed by atoms with Crippen molar-refractivity contribution in [1.29, 1.82) is 0 Å². The third kappa shape index (κ3) is 2.65. The first-order chi connectivity index (χ1) is 8.58. The molecule has 0 saturated carbocycles. The van der Waals surface area contributed by atoms with Gasteiger partial charge in [0.05, 0.1) is 17.1 Å². The fraction of sp³-hybridized carbons (Fsp3) is 0.0769. The van der Waals surface area contributed by atoms with Gasteiger partial charge in [-0.3, -0.25) is 9.78 Å². The number of nitrogens with zero attached hydrogens (tertiary/aromatic N) is 1. The number of hydrogen-bond donors (Lipinski definition) is 1. The molecule has 18 heavy (non-hydrogen) atoms. The van der Waals surface area contributed by atoms with Gasteiger partial charge in [0, 0.05) is 17.3 Å². The molecule has 2 rings (SSSR count). The van der Waals surface area contributed by atoms with E-state index >= 15 is 0 Å². The highest BCUT2D eigenvalue weighted by atomic mass is 35.5. The lowest BCUT2D eigenvalue weighted by Gasteiger charge is -2.05. The van der Waals surface area contributed by atoms with Crippen LogP contribution < -0.4 is 0 Å². The number of pyridine rings is 1. The van der Waals surface area contributed by atoms with E-state index in [0.717, 1.165) is 0 Å². The molecule has 5 heteroatoms. The molecule has 1 heterocycles. The SMILES string of the molecule is O=C(O)Cc1ccc(-c2cccc(Cl)c2F)cn1. The van der Waals surface area contributed by atoms with Crippen molar-refractivity contribution < 1.29 is 14.3 Å². The molecule has 92 valence electrons. The second-order valence-corrected chi connectivity index (χ2v) is 4.12. The summed E-state index contributed by atoms with van der Waals surface area (Å²) in [6.07, 6.45) is 1.28. The Kier molecular flexibility index (Phi) is 3.58. The number of carboxylic acid groups (broad SMARTS) is 1. The predicted molar refractivity (Wildman–Crippen MR) is 66.0 cm³/mol. The molecule has 0 atom stereocenters. The summed E-state index contributed by atoms with van der Waals surface area (Å²) in [4.78, 5) is 14.5. The van der Waals surface area contributed by atoms with Crippen LogP contribution in [0, 0.1) is 5.82 Å². The Morgan fingerprint density at radius 3 is 2.72 bits per heavy atom. The standard InChI is InChI=1S/C13H9ClFNO2/c14-11-3-1-2-10(13(11)15)8-4-5-9(16-7-8)6-12(17)18/h1-5,7H,6H2,(H,17,18). The first-order valence-electron chi connectivity index (χ1n) is 5.19. The Morgan fingerprint density at radius 2 is 2.11 bits per heavy atom. The van der Waals surface area contributed by atoms with E-state index in [2.05, 4.69) is 4.98 Å². The van der Waals surface area contributed by atoms with E-state index in [1.54, 1.807) is 24.3 Å². The summed E-state index contributed by atoms with van der Waals surface area (Å²) >= 11 is 5.69. The molecular weight excluding hydrogens is 257 g/mol. The van der Waals surface area contributed by atoms with Gasteiger partial charge in [0.2, 0.25) is 0 Å². The third-order valence-corrected chi connectivity index (χ3v) is 2.71. The van der Waals surface area contributed by atoms with E-state index in [-0.39, 0.29) is 11.4 Å². The maximum Gasteiger partial charge on any atom is 0.309 e. The molecule has 0 fully saturated rings. The Balaban J connectivity index is 2.34. The van der Waals surface area contributed by atoms with Gasteiger partial charge in [-0.15, -0.1) is 0 Å². The van der Waals surface area contributed by atoms with Crippen molar-refractivity contribution in [1.82, 2.24) is 4.98 Å². The minimum absolute atomic E-state index is 0.0436. The van der Waals surface area contributed by atoms with Crippen molar-refractivity contribution in [2.45, 2.75) is 6.42 Å². The van der Waals surface area contributed by atoms with Crippen LogP contribution in [-0.2, 0) is 11.2 Å². The number of aromatic nitrogens is 1. The summed E-state index contributed by atoms with van der Waals surface area (Å²) in [6.45, 7) is 0. The Hall–Kier alpha value is -1.94. The molecule has 0 saturated heterocycles. The van der Waals surface area contributed by atoms with Gasteiger partial charge in [-0.2, -0.15) is 0 Å². The normalized spacial score (nSPS) is 10.3. The van der Waals surface area contributed by atoms with Gasteiger partial charge in [0.1, 0.15) is 5.82 Å². The number of benzene rings is 1. The molecule has 3 nitrogen and oxygen atoms in total. The van der Waals surface area contributed by atoms with Gasteiger partial charge < -0.3 is 5.11 Å². The van der Waals surface area contributed by atoms with Crippen molar-refractivity contribution in [2.24, 2.45) is 0 Å². The second-order valence-electron chi connectivity index (χ2n) is 3.71. The molecule has 0 amide bonds. The highest BCUT2D eigenvalue weighted by Crippen LogP contribution is 2.26. The van der Waals surface area contributed by atoms with Gasteiger partial charge >= 0.3 is 5.97 Å². The number of aliphatic carboxylic acids is 1. The fourth-order valence-electron chi connectivity index (χ4n) is 1.57. The average molecular weight is 266 g/mol. The van der Waals surface area contributed by atoms with Crippen LogP contribution in [0.2, 0.25) is 5.02 Å². The molecular formula is C13H9ClFNO2. The number of halogens is 2. The first kappa shape index (κ1) is 12.5. The molecule has 1 aromatic heterocycles. The van der Waals surface area contributed by atoms with Crippen molar-refractivity contribution in [2.75, 3.05) is 0 Å². The first-order valence-corrected chi connectivity index (χ1v) is 5.57. The number of carbonyl (C=O) groups is 1. The number of carboxylic acids is 1. The summed E-state index contributed by atoms with van der Waals surface area (Å²) in [5, 5.41) is 8.66. The quantitative estimate of drug-likeness (QED) is 0.927. The topological polar surface area (TPSA) is 50.2 Å². The van der Waals surface area contributed by atoms with Crippen LogP contribution >= 0.6 is 11.6 Å². The Morgan fingerprint density at radius 1 is 1.33 bits per heavy atom. The van der Waals surface area contributed by atoms with Gasteiger partial charge in [-0.25, -0.2) is 4.39 Å². The van der Waals surface area contributed by atoms with Crippen LogP contribution in [-0.4, -0.2) is 16.1 Å². The molecule has 0 bridgehead atoms. The molecule has 0 aliphatic rings. The molecule has 0 aliphatic carbocycles. The van der Waals surface area contributed by atoms with Crippen molar-refractivity contribution >= 4 is 17.6 Å². The molecule has 0 radical (unpaired) electrons. The highest BCUT2D eigenvalue weighted by Gasteiger charge is 2.09. The minimum Gasteiger partial charge on any atom is -0.481 e. The van der Waals surface area contributed by atoms with Crippen molar-refractivity contribution in [3.63, 3.8) is 0 Å². The Bertz CT molecular complexity index is 584. The van der Waals surface area contributed by atoms with Gasteiger partial charge in [0.25, 0.3) is 0 Å². The van der Waals surface area contributed by atoms with Crippen LogP contribution in [0.15, 0.2) is 36.5 Å². The second kappa shape index (κ2) is 5.14. The number of rotatable bonds is 3. The summed E-state index contributed by atoms with van der Waals surface area (Å²) in [6, 6.07) is 7.89. The zero-order valence-electron chi connectivity index (χ0n) is 9.23. The van der Waals surface area contributed by atoms with Crippen LogP contribution in [0.1, 0.15) is 5.69 Å². The largest absolute Gasteiger partial charge is 0.481 e. The molecule has 0 aliphatic heterocycles. The maximum absolute atomic E-state index is 13.7. The Labute approximate surface area is 108 Å². The summed E-state index contributed by atoms with van der Waals surface area (Å²) in [5.41, 5.74) is 1.33. The minimum atomic E-state index is -0.954. The van der Waals surface area contributed by atoms with E-state index in [1.807, 2.05) is 0 Å². The van der Waals surface area contributed by atoms with Crippen molar-refractivity contribution in [3.8, 4) is 11.1 Å². The zero-order chi connectivity index (χ0) is 13.1. The van der Waals surface area contributed by atoms with Gasteiger partial charge in [-0.05, 0) is 12.1 Å². The average Bonchev–Trinajstić information content (AvgIpc) is 2.33. The van der Waals surface area contributed by atoms with Gasteiger partial charge in [0.15, 0.2) is 0 Å². The summed E-state index contributed by atoms with van der Waals surface area (Å²) in [7, 11) is 0. The lowest BCUT2D eigenvalue weighted by molar-refractivity contribution is -0.136. The smallest absolute Gasteiger partial charge is 0.309 e. The highest BCUT2D eigenvalue weighted by molar-refractivity contribution is 6.31. The molecule has 0 unspecified atom stereocenters. The summed E-state index contributed by atoms with van der Waals surface area (Å²) < 4.78 is 13.7. The van der Waals surface area contributed by atoms with Crippen molar-refractivity contribution in [3.05, 3.63) is 53.1 Å². The van der Waals surface area contributed by atoms with Gasteiger partial charge in [-0.1, -0.05) is 29.8 Å². The van der Waals surface area contributed by atoms with Crippen LogP contribution in [0.5, 0.6) is 0 Å². The van der Waals surface area contributed by atoms with Crippen LogP contribution in [0.4, 0.5) is 4.39 Å². The van der Waals surface area contributed by atoms with Crippen LogP contribution in [0.3, 0.4) is 0 Å². The monoisotopic (exact) mass is 265 g/mol. The lowest BCUT2D eigenvalue weighted by Crippen LogP contribution is -2.01. The van der Waals surface area contributed by atoms with E-state index in [0.29, 0.717) is 16.8 Å². The maximum atomic E-state index is 13.7. The fourth-order valence-corrected chi connectivity index (χ4v) is 1.74. The number of hydrogen-bond acceptors (Lipinski definition) is 2. The van der Waals surface area contributed by atoms with E-state index < -0.39 is 11.8 Å². The molecule has 1 N–H and O–H groups in total. The molecule has 1 aromatic carbocycles. The summed E-state index contributed by atoms with van der Waals surface area (Å²) in [5.74, 6) is -1.46. The molecule has 2 aromatic rings. The third-order valence-electron chi connectivity index (χ3n) is 2.42. The van der Waals surface area contributed by atoms with E-state index in [9.17, 15) is 9.18 Å². The lowest BCUT2D eigenvalue weighted by atomic mass is 10.1.